The molecular formula is C17H26N2O. The second kappa shape index (κ2) is 6.31. The molecule has 0 atom stereocenters. The molecule has 1 heterocycles. The van der Waals surface area contributed by atoms with Gasteiger partial charge in [-0.05, 0) is 51.0 Å². The number of nitrogens with two attached hydrogens (primary N) is 1. The van der Waals surface area contributed by atoms with Crippen LogP contribution in [0.25, 0.3) is 10.9 Å². The molecular weight excluding hydrogens is 248 g/mol. The molecule has 0 unspecified atom stereocenters. The highest BCUT2D eigenvalue weighted by Crippen LogP contribution is 2.30. The molecule has 0 bridgehead atoms. The van der Waals surface area contributed by atoms with Crippen molar-refractivity contribution in [1.29, 1.82) is 0 Å². The van der Waals surface area contributed by atoms with Crippen LogP contribution in [0.5, 0.6) is 5.75 Å². The average molecular weight is 274 g/mol. The third kappa shape index (κ3) is 2.83. The van der Waals surface area contributed by atoms with Crippen molar-refractivity contribution in [3.05, 3.63) is 29.5 Å². The minimum atomic E-state index is 0.192. The average Bonchev–Trinajstić information content (AvgIpc) is 2.66. The SMILES string of the molecule is CCCCn1c(C)c(CN)c2cc(OC(C)C)ccc21. The summed E-state index contributed by atoms with van der Waals surface area (Å²) in [7, 11) is 0. The summed E-state index contributed by atoms with van der Waals surface area (Å²) >= 11 is 0. The summed E-state index contributed by atoms with van der Waals surface area (Å²) < 4.78 is 8.19. The molecule has 2 N–H and O–H groups in total. The summed E-state index contributed by atoms with van der Waals surface area (Å²) in [6, 6.07) is 6.35. The Hall–Kier alpha value is -1.48. The molecule has 2 rings (SSSR count). The van der Waals surface area contributed by atoms with Crippen molar-refractivity contribution in [2.75, 3.05) is 0 Å². The fourth-order valence-electron chi connectivity index (χ4n) is 2.74. The van der Waals surface area contributed by atoms with Gasteiger partial charge in [-0.15, -0.1) is 0 Å². The maximum atomic E-state index is 5.96. The zero-order chi connectivity index (χ0) is 14.7. The Bertz CT molecular complexity index is 584. The highest BCUT2D eigenvalue weighted by Gasteiger charge is 2.13. The highest BCUT2D eigenvalue weighted by molar-refractivity contribution is 5.87. The van der Waals surface area contributed by atoms with Crippen LogP contribution in [-0.2, 0) is 13.1 Å². The van der Waals surface area contributed by atoms with Gasteiger partial charge in [-0.3, -0.25) is 0 Å². The third-order valence-electron chi connectivity index (χ3n) is 3.74. The second-order valence-electron chi connectivity index (χ2n) is 5.62. The fourth-order valence-corrected chi connectivity index (χ4v) is 2.74. The number of aromatic nitrogens is 1. The molecule has 1 aromatic carbocycles. The van der Waals surface area contributed by atoms with E-state index in [1.165, 1.54) is 35.0 Å². The van der Waals surface area contributed by atoms with Crippen LogP contribution in [0.4, 0.5) is 0 Å². The van der Waals surface area contributed by atoms with Crippen molar-refractivity contribution < 1.29 is 4.74 Å². The molecule has 0 saturated carbocycles. The molecule has 1 aromatic heterocycles. The number of benzene rings is 1. The Labute approximate surface area is 121 Å². The van der Waals surface area contributed by atoms with E-state index in [1.54, 1.807) is 0 Å². The van der Waals surface area contributed by atoms with Crippen LogP contribution < -0.4 is 10.5 Å². The van der Waals surface area contributed by atoms with Gasteiger partial charge in [-0.25, -0.2) is 0 Å². The summed E-state index contributed by atoms with van der Waals surface area (Å²) in [5.74, 6) is 0.926. The molecule has 0 amide bonds. The third-order valence-corrected chi connectivity index (χ3v) is 3.74. The van der Waals surface area contributed by atoms with Crippen molar-refractivity contribution >= 4 is 10.9 Å². The van der Waals surface area contributed by atoms with Gasteiger partial charge in [0.05, 0.1) is 6.10 Å². The van der Waals surface area contributed by atoms with E-state index in [-0.39, 0.29) is 6.10 Å². The van der Waals surface area contributed by atoms with E-state index in [0.717, 1.165) is 12.3 Å². The van der Waals surface area contributed by atoms with Gasteiger partial charge < -0.3 is 15.0 Å². The lowest BCUT2D eigenvalue weighted by Crippen LogP contribution is -2.05. The first-order valence-electron chi connectivity index (χ1n) is 7.56. The molecule has 0 saturated heterocycles. The van der Waals surface area contributed by atoms with Crippen LogP contribution in [0.15, 0.2) is 18.2 Å². The number of fused-ring (bicyclic) bond motifs is 1. The summed E-state index contributed by atoms with van der Waals surface area (Å²) in [4.78, 5) is 0. The van der Waals surface area contributed by atoms with Crippen LogP contribution >= 0.6 is 0 Å². The summed E-state index contributed by atoms with van der Waals surface area (Å²) in [6.07, 6.45) is 2.59. The van der Waals surface area contributed by atoms with Crippen LogP contribution in [0, 0.1) is 6.92 Å². The maximum Gasteiger partial charge on any atom is 0.120 e. The number of nitrogens with zero attached hydrogens (tertiary/aromatic N) is 1. The second-order valence-corrected chi connectivity index (χ2v) is 5.62. The van der Waals surface area contributed by atoms with E-state index in [1.807, 2.05) is 13.8 Å². The fraction of sp³-hybridized carbons (Fsp3) is 0.529. The molecule has 0 fully saturated rings. The number of hydrogen-bond donors (Lipinski definition) is 1. The first-order valence-corrected chi connectivity index (χ1v) is 7.56. The maximum absolute atomic E-state index is 5.96. The lowest BCUT2D eigenvalue weighted by molar-refractivity contribution is 0.243. The van der Waals surface area contributed by atoms with Gasteiger partial charge in [-0.2, -0.15) is 0 Å². The zero-order valence-electron chi connectivity index (χ0n) is 13.1. The molecule has 0 aliphatic heterocycles. The molecule has 0 aliphatic rings. The minimum Gasteiger partial charge on any atom is -0.491 e. The van der Waals surface area contributed by atoms with Crippen molar-refractivity contribution in [3.8, 4) is 5.75 Å². The number of ether oxygens (including phenoxy) is 1. The van der Waals surface area contributed by atoms with E-state index in [0.29, 0.717) is 6.54 Å². The van der Waals surface area contributed by atoms with Gasteiger partial charge in [-0.1, -0.05) is 13.3 Å². The van der Waals surface area contributed by atoms with Gasteiger partial charge in [0.1, 0.15) is 5.75 Å². The number of unbranched alkanes of at least 4 members (excludes halogenated alkanes) is 1. The molecule has 0 radical (unpaired) electrons. The van der Waals surface area contributed by atoms with Crippen LogP contribution in [0.1, 0.15) is 44.9 Å². The van der Waals surface area contributed by atoms with E-state index in [2.05, 4.69) is 36.6 Å². The lowest BCUT2D eigenvalue weighted by Gasteiger charge is -2.10. The molecule has 20 heavy (non-hydrogen) atoms. The quantitative estimate of drug-likeness (QED) is 0.865. The summed E-state index contributed by atoms with van der Waals surface area (Å²) in [5.41, 5.74) is 9.76. The first kappa shape index (κ1) is 14.9. The van der Waals surface area contributed by atoms with E-state index < -0.39 is 0 Å². The number of hydrogen-bond acceptors (Lipinski definition) is 2. The topological polar surface area (TPSA) is 40.2 Å². The van der Waals surface area contributed by atoms with Gasteiger partial charge in [0, 0.05) is 29.7 Å². The Morgan fingerprint density at radius 2 is 2.05 bits per heavy atom. The van der Waals surface area contributed by atoms with E-state index >= 15 is 0 Å². The predicted molar refractivity (Wildman–Crippen MR) is 85.2 cm³/mol. The first-order chi connectivity index (χ1) is 9.58. The van der Waals surface area contributed by atoms with Gasteiger partial charge >= 0.3 is 0 Å². The Morgan fingerprint density at radius 1 is 1.30 bits per heavy atom. The lowest BCUT2D eigenvalue weighted by atomic mass is 10.1. The highest BCUT2D eigenvalue weighted by atomic mass is 16.5. The van der Waals surface area contributed by atoms with Crippen LogP contribution in [-0.4, -0.2) is 10.7 Å². The van der Waals surface area contributed by atoms with Crippen molar-refractivity contribution in [2.45, 2.75) is 59.7 Å². The van der Waals surface area contributed by atoms with Gasteiger partial charge in [0.25, 0.3) is 0 Å². The van der Waals surface area contributed by atoms with E-state index in [4.69, 9.17) is 10.5 Å². The molecule has 3 nitrogen and oxygen atoms in total. The van der Waals surface area contributed by atoms with Crippen LogP contribution in [0.3, 0.4) is 0 Å². The van der Waals surface area contributed by atoms with Crippen molar-refractivity contribution in [1.82, 2.24) is 4.57 Å². The van der Waals surface area contributed by atoms with Gasteiger partial charge in [0.15, 0.2) is 0 Å². The Balaban J connectivity index is 2.51. The number of rotatable bonds is 6. The molecule has 2 aromatic rings. The normalized spacial score (nSPS) is 11.5. The predicted octanol–water partition coefficient (Wildman–Crippen LogP) is 4.00. The Kier molecular flexibility index (Phi) is 4.71. The molecule has 110 valence electrons. The molecule has 0 aliphatic carbocycles. The summed E-state index contributed by atoms with van der Waals surface area (Å²) in [5, 5.41) is 1.24. The number of aryl methyl sites for hydroxylation is 1. The Morgan fingerprint density at radius 3 is 2.65 bits per heavy atom. The van der Waals surface area contributed by atoms with Crippen molar-refractivity contribution in [2.24, 2.45) is 5.73 Å². The molecule has 0 spiro atoms. The largest absolute Gasteiger partial charge is 0.491 e. The van der Waals surface area contributed by atoms with Gasteiger partial charge in [0.2, 0.25) is 0 Å². The van der Waals surface area contributed by atoms with Crippen molar-refractivity contribution in [3.63, 3.8) is 0 Å². The standard InChI is InChI=1S/C17H26N2O/c1-5-6-9-19-13(4)16(11-18)15-10-14(20-12(2)3)7-8-17(15)19/h7-8,10,12H,5-6,9,11,18H2,1-4H3. The minimum absolute atomic E-state index is 0.192. The van der Waals surface area contributed by atoms with E-state index in [9.17, 15) is 0 Å². The smallest absolute Gasteiger partial charge is 0.120 e. The monoisotopic (exact) mass is 274 g/mol. The molecule has 3 heteroatoms. The zero-order valence-corrected chi connectivity index (χ0v) is 13.1. The van der Waals surface area contributed by atoms with Crippen LogP contribution in [0.2, 0.25) is 0 Å². The summed E-state index contributed by atoms with van der Waals surface area (Å²) in [6.45, 7) is 10.1.